The summed E-state index contributed by atoms with van der Waals surface area (Å²) in [4.78, 5) is 38.6. The van der Waals surface area contributed by atoms with E-state index in [9.17, 15) is 14.4 Å². The number of terminal acetylenes is 1. The Bertz CT molecular complexity index is 1120. The lowest BCUT2D eigenvalue weighted by molar-refractivity contribution is -0.122. The van der Waals surface area contributed by atoms with Crippen LogP contribution in [0, 0.1) is 15.9 Å². The molecule has 0 aromatic heterocycles. The van der Waals surface area contributed by atoms with E-state index < -0.39 is 17.8 Å². The van der Waals surface area contributed by atoms with Crippen LogP contribution in [0.4, 0.5) is 10.5 Å². The SMILES string of the molecule is C#CCOc1c(I)cc(/C=C2\C(=O)NC(=O)N(c3ccc(Cl)cc3)C2=O)cc1OCC. The lowest BCUT2D eigenvalue weighted by Gasteiger charge is -2.26. The van der Waals surface area contributed by atoms with Gasteiger partial charge in [0.15, 0.2) is 11.5 Å². The van der Waals surface area contributed by atoms with E-state index in [2.05, 4.69) is 33.8 Å². The molecule has 1 fully saturated rings. The smallest absolute Gasteiger partial charge is 0.335 e. The number of barbiturate groups is 1. The standard InChI is InChI=1S/C22H16ClIN2O5/c1-3-9-31-19-17(24)11-13(12-18(19)30-4-2)10-16-20(27)25-22(29)26(21(16)28)15-7-5-14(23)6-8-15/h1,5-8,10-12H,4,9H2,2H3,(H,25,27,29)/b16-10+. The largest absolute Gasteiger partial charge is 0.490 e. The van der Waals surface area contributed by atoms with Crippen LogP contribution in [0.3, 0.4) is 0 Å². The average Bonchev–Trinajstić information content (AvgIpc) is 2.72. The van der Waals surface area contributed by atoms with Crippen LogP contribution in [-0.4, -0.2) is 31.1 Å². The molecule has 158 valence electrons. The molecule has 2 aromatic carbocycles. The van der Waals surface area contributed by atoms with Crippen molar-refractivity contribution in [2.45, 2.75) is 6.92 Å². The van der Waals surface area contributed by atoms with Crippen LogP contribution in [0.1, 0.15) is 12.5 Å². The maximum atomic E-state index is 13.0. The Morgan fingerprint density at radius 3 is 2.55 bits per heavy atom. The molecular formula is C22H16ClIN2O5. The minimum Gasteiger partial charge on any atom is -0.490 e. The summed E-state index contributed by atoms with van der Waals surface area (Å²) in [6, 6.07) is 8.63. The van der Waals surface area contributed by atoms with Crippen molar-refractivity contribution in [2.75, 3.05) is 18.1 Å². The first-order chi connectivity index (χ1) is 14.8. The fourth-order valence-electron chi connectivity index (χ4n) is 2.84. The third kappa shape index (κ3) is 5.00. The van der Waals surface area contributed by atoms with E-state index in [1.165, 1.54) is 18.2 Å². The minimum atomic E-state index is -0.836. The van der Waals surface area contributed by atoms with Gasteiger partial charge < -0.3 is 9.47 Å². The quantitative estimate of drug-likeness (QED) is 0.254. The molecular weight excluding hydrogens is 535 g/mol. The summed E-state index contributed by atoms with van der Waals surface area (Å²) in [7, 11) is 0. The third-order valence-electron chi connectivity index (χ3n) is 4.13. The first-order valence-electron chi connectivity index (χ1n) is 9.05. The van der Waals surface area contributed by atoms with Gasteiger partial charge in [0.1, 0.15) is 12.2 Å². The maximum absolute atomic E-state index is 13.0. The van der Waals surface area contributed by atoms with Crippen LogP contribution in [-0.2, 0) is 9.59 Å². The number of rotatable bonds is 6. The van der Waals surface area contributed by atoms with Crippen LogP contribution in [0.5, 0.6) is 11.5 Å². The molecule has 1 aliphatic heterocycles. The highest BCUT2D eigenvalue weighted by molar-refractivity contribution is 14.1. The summed E-state index contributed by atoms with van der Waals surface area (Å²) >= 11 is 7.93. The van der Waals surface area contributed by atoms with Crippen molar-refractivity contribution in [2.24, 2.45) is 0 Å². The van der Waals surface area contributed by atoms with Gasteiger partial charge in [-0.3, -0.25) is 14.9 Å². The van der Waals surface area contributed by atoms with E-state index in [-0.39, 0.29) is 17.9 Å². The zero-order valence-corrected chi connectivity index (χ0v) is 19.2. The van der Waals surface area contributed by atoms with E-state index in [0.29, 0.717) is 32.3 Å². The van der Waals surface area contributed by atoms with Crippen molar-refractivity contribution in [1.82, 2.24) is 5.32 Å². The molecule has 3 rings (SSSR count). The third-order valence-corrected chi connectivity index (χ3v) is 5.18. The highest BCUT2D eigenvalue weighted by Crippen LogP contribution is 2.35. The molecule has 1 heterocycles. The molecule has 1 saturated heterocycles. The normalized spacial score (nSPS) is 15.0. The monoisotopic (exact) mass is 550 g/mol. The molecule has 0 aliphatic carbocycles. The first-order valence-corrected chi connectivity index (χ1v) is 10.5. The molecule has 9 heteroatoms. The number of amides is 4. The summed E-state index contributed by atoms with van der Waals surface area (Å²) in [5, 5.41) is 2.63. The van der Waals surface area contributed by atoms with E-state index >= 15 is 0 Å². The zero-order chi connectivity index (χ0) is 22.5. The van der Waals surface area contributed by atoms with Gasteiger partial charge in [-0.15, -0.1) is 6.42 Å². The molecule has 0 spiro atoms. The summed E-state index contributed by atoms with van der Waals surface area (Å²) in [5.74, 6) is 1.75. The van der Waals surface area contributed by atoms with Gasteiger partial charge in [-0.25, -0.2) is 9.69 Å². The van der Waals surface area contributed by atoms with Crippen LogP contribution in [0.2, 0.25) is 5.02 Å². The fourth-order valence-corrected chi connectivity index (χ4v) is 3.74. The molecule has 0 radical (unpaired) electrons. The van der Waals surface area contributed by atoms with Crippen LogP contribution >= 0.6 is 34.2 Å². The molecule has 1 N–H and O–H groups in total. The highest BCUT2D eigenvalue weighted by Gasteiger charge is 2.36. The van der Waals surface area contributed by atoms with Crippen molar-refractivity contribution in [3.63, 3.8) is 0 Å². The average molecular weight is 551 g/mol. The number of hydrogen-bond acceptors (Lipinski definition) is 5. The van der Waals surface area contributed by atoms with Crippen molar-refractivity contribution in [1.29, 1.82) is 0 Å². The number of nitrogens with one attached hydrogen (secondary N) is 1. The molecule has 4 amide bonds. The molecule has 0 unspecified atom stereocenters. The van der Waals surface area contributed by atoms with Gasteiger partial charge in [0.25, 0.3) is 11.8 Å². The lowest BCUT2D eigenvalue weighted by atomic mass is 10.1. The van der Waals surface area contributed by atoms with Crippen molar-refractivity contribution in [3.05, 3.63) is 56.1 Å². The Kier molecular flexibility index (Phi) is 7.20. The van der Waals surface area contributed by atoms with E-state index in [1.807, 2.05) is 6.92 Å². The van der Waals surface area contributed by atoms with Gasteiger partial charge in [-0.1, -0.05) is 17.5 Å². The second-order valence-corrected chi connectivity index (χ2v) is 7.79. The lowest BCUT2D eigenvalue weighted by Crippen LogP contribution is -2.54. The van der Waals surface area contributed by atoms with Crippen LogP contribution in [0.15, 0.2) is 42.0 Å². The van der Waals surface area contributed by atoms with Crippen molar-refractivity contribution < 1.29 is 23.9 Å². The number of urea groups is 1. The van der Waals surface area contributed by atoms with Gasteiger partial charge in [0.2, 0.25) is 0 Å². The van der Waals surface area contributed by atoms with Gasteiger partial charge in [-0.05, 0) is 77.6 Å². The number of nitrogens with zero attached hydrogens (tertiary/aromatic N) is 1. The van der Waals surface area contributed by atoms with Gasteiger partial charge in [0.05, 0.1) is 15.9 Å². The van der Waals surface area contributed by atoms with E-state index in [0.717, 1.165) is 4.90 Å². The molecule has 7 nitrogen and oxygen atoms in total. The van der Waals surface area contributed by atoms with Crippen molar-refractivity contribution in [3.8, 4) is 23.8 Å². The molecule has 0 bridgehead atoms. The molecule has 0 atom stereocenters. The Morgan fingerprint density at radius 1 is 1.19 bits per heavy atom. The second kappa shape index (κ2) is 9.85. The predicted molar refractivity (Wildman–Crippen MR) is 125 cm³/mol. The number of anilines is 1. The fraction of sp³-hybridized carbons (Fsp3) is 0.136. The predicted octanol–water partition coefficient (Wildman–Crippen LogP) is 4.02. The molecule has 2 aromatic rings. The first kappa shape index (κ1) is 22.7. The summed E-state index contributed by atoms with van der Waals surface area (Å²) in [6.45, 7) is 2.26. The van der Waals surface area contributed by atoms with Gasteiger partial charge >= 0.3 is 6.03 Å². The molecule has 0 saturated carbocycles. The number of ether oxygens (including phenoxy) is 2. The van der Waals surface area contributed by atoms with E-state index in [1.54, 1.807) is 24.3 Å². The number of carbonyl (C=O) groups excluding carboxylic acids is 3. The second-order valence-electron chi connectivity index (χ2n) is 6.19. The van der Waals surface area contributed by atoms with E-state index in [4.69, 9.17) is 27.5 Å². The highest BCUT2D eigenvalue weighted by atomic mass is 127. The summed E-state index contributed by atoms with van der Waals surface area (Å²) in [6.07, 6.45) is 6.66. The molecule has 1 aliphatic rings. The van der Waals surface area contributed by atoms with Gasteiger partial charge in [-0.2, -0.15) is 0 Å². The van der Waals surface area contributed by atoms with Crippen molar-refractivity contribution >= 4 is 63.8 Å². The number of halogens is 2. The van der Waals surface area contributed by atoms with Gasteiger partial charge in [0, 0.05) is 5.02 Å². The molecule has 31 heavy (non-hydrogen) atoms. The zero-order valence-electron chi connectivity index (χ0n) is 16.3. The summed E-state index contributed by atoms with van der Waals surface area (Å²) < 4.78 is 11.9. The Balaban J connectivity index is 2.02. The van der Waals surface area contributed by atoms with Crippen LogP contribution < -0.4 is 19.7 Å². The number of benzene rings is 2. The Morgan fingerprint density at radius 2 is 1.90 bits per heavy atom. The number of carbonyl (C=O) groups is 3. The topological polar surface area (TPSA) is 84.9 Å². The maximum Gasteiger partial charge on any atom is 0.335 e. The Labute approximate surface area is 197 Å². The Hall–Kier alpha value is -3.03. The minimum absolute atomic E-state index is 0.0650. The van der Waals surface area contributed by atoms with Crippen LogP contribution in [0.25, 0.3) is 6.08 Å². The number of imide groups is 2. The number of hydrogen-bond donors (Lipinski definition) is 1. The summed E-state index contributed by atoms with van der Waals surface area (Å²) in [5.41, 5.74) is 0.600.